The van der Waals surface area contributed by atoms with Gasteiger partial charge in [0, 0.05) is 48.1 Å². The molecule has 4 aromatic heterocycles. The Labute approximate surface area is 388 Å². The molecule has 2 saturated heterocycles. The van der Waals surface area contributed by atoms with Gasteiger partial charge >= 0.3 is 0 Å². The lowest BCUT2D eigenvalue weighted by molar-refractivity contribution is -0.162. The third-order valence-corrected chi connectivity index (χ3v) is 12.7. The van der Waals surface area contributed by atoms with Crippen LogP contribution in [-0.4, -0.2) is 109 Å². The van der Waals surface area contributed by atoms with Crippen molar-refractivity contribution in [1.82, 2.24) is 49.9 Å². The van der Waals surface area contributed by atoms with Gasteiger partial charge in [-0.3, -0.25) is 0 Å². The van der Waals surface area contributed by atoms with Crippen molar-refractivity contribution in [3.05, 3.63) is 91.1 Å². The fourth-order valence-corrected chi connectivity index (χ4v) is 9.64. The lowest BCUT2D eigenvalue weighted by Gasteiger charge is -2.23. The van der Waals surface area contributed by atoms with Gasteiger partial charge in [-0.15, -0.1) is 10.2 Å². The highest BCUT2D eigenvalue weighted by molar-refractivity contribution is 6.35. The van der Waals surface area contributed by atoms with Crippen LogP contribution in [0.25, 0.3) is 22.3 Å². The molecule has 0 amide bonds. The maximum Gasteiger partial charge on any atom is 0.225 e. The van der Waals surface area contributed by atoms with Crippen LogP contribution < -0.4 is 5.73 Å². The number of hydrogen-bond donors (Lipinski definition) is 3. The molecular weight excluding hydrogens is 920 g/mol. The molecular formula is C41H48Cl5N11O6. The van der Waals surface area contributed by atoms with Crippen LogP contribution in [0.1, 0.15) is 76.9 Å². The molecule has 0 spiro atoms. The van der Waals surface area contributed by atoms with Crippen molar-refractivity contribution in [3.63, 3.8) is 0 Å². The maximum absolute atomic E-state index is 9.85. The topological polar surface area (TPSA) is 216 Å². The van der Waals surface area contributed by atoms with Gasteiger partial charge in [-0.1, -0.05) is 89.1 Å². The lowest BCUT2D eigenvalue weighted by atomic mass is 10.1. The molecule has 8 atom stereocenters. The molecule has 17 nitrogen and oxygen atoms in total. The van der Waals surface area contributed by atoms with Gasteiger partial charge in [0.25, 0.3) is 0 Å². The van der Waals surface area contributed by atoms with E-state index in [-0.39, 0.29) is 84.7 Å². The van der Waals surface area contributed by atoms with E-state index in [0.29, 0.717) is 58.9 Å². The average molecular weight is 968 g/mol. The molecule has 22 heteroatoms. The number of hydrogen-bond acceptors (Lipinski definition) is 15. The quantitative estimate of drug-likeness (QED) is 0.106. The van der Waals surface area contributed by atoms with Crippen LogP contribution in [0.15, 0.2) is 48.5 Å². The first kappa shape index (κ1) is 47.5. The van der Waals surface area contributed by atoms with Gasteiger partial charge in [-0.05, 0) is 87.0 Å². The smallest absolute Gasteiger partial charge is 0.225 e. The zero-order valence-electron chi connectivity index (χ0n) is 33.9. The fraction of sp³-hybridized carbons (Fsp3) is 0.512. The van der Waals surface area contributed by atoms with Crippen LogP contribution >= 0.6 is 58.0 Å². The molecule has 6 aromatic rings. The van der Waals surface area contributed by atoms with Crippen molar-refractivity contribution in [2.24, 2.45) is 17.6 Å². The van der Waals surface area contributed by atoms with Gasteiger partial charge in [0.05, 0.1) is 30.0 Å². The molecule has 4 N–H and O–H groups in total. The largest absolute Gasteiger partial charge is 0.396 e. The molecule has 0 radical (unpaired) electrons. The zero-order chi connectivity index (χ0) is 44.1. The molecule has 6 heterocycles. The van der Waals surface area contributed by atoms with Crippen molar-refractivity contribution in [3.8, 4) is 0 Å². The lowest BCUT2D eigenvalue weighted by Crippen LogP contribution is -2.28. The summed E-state index contributed by atoms with van der Waals surface area (Å²) in [6, 6.07) is 14.8. The van der Waals surface area contributed by atoms with Crippen LogP contribution in [0.5, 0.6) is 0 Å². The normalized spacial score (nSPS) is 26.4. The first-order valence-electron chi connectivity index (χ1n) is 19.9. The van der Waals surface area contributed by atoms with E-state index in [4.69, 9.17) is 82.7 Å². The molecule has 0 unspecified atom stereocenters. The number of rotatable bonds is 7. The van der Waals surface area contributed by atoms with E-state index in [0.717, 1.165) is 16.1 Å². The first-order valence-corrected chi connectivity index (χ1v) is 21.8. The van der Waals surface area contributed by atoms with Crippen molar-refractivity contribution in [2.45, 2.75) is 109 Å². The molecule has 4 fully saturated rings. The van der Waals surface area contributed by atoms with Crippen molar-refractivity contribution in [2.75, 3.05) is 13.2 Å². The average Bonchev–Trinajstić information content (AvgIpc) is 4.07. The third-order valence-electron chi connectivity index (χ3n) is 11.3. The Morgan fingerprint density at radius 3 is 1.56 bits per heavy atom. The highest BCUT2D eigenvalue weighted by atomic mass is 35.5. The maximum atomic E-state index is 9.85. The van der Waals surface area contributed by atoms with Crippen LogP contribution in [-0.2, 0) is 31.9 Å². The summed E-state index contributed by atoms with van der Waals surface area (Å²) in [5.74, 6) is -1.53. The van der Waals surface area contributed by atoms with Crippen LogP contribution in [0.4, 0.5) is 0 Å². The van der Waals surface area contributed by atoms with Crippen molar-refractivity contribution in [1.29, 1.82) is 0 Å². The van der Waals surface area contributed by atoms with Crippen LogP contribution in [0, 0.1) is 11.8 Å². The Bertz CT molecular complexity index is 2560. The summed E-state index contributed by atoms with van der Waals surface area (Å²) >= 11 is 30.3. The van der Waals surface area contributed by atoms with Gasteiger partial charge in [0.15, 0.2) is 39.1 Å². The van der Waals surface area contributed by atoms with E-state index in [2.05, 4.69) is 40.6 Å². The molecule has 63 heavy (non-hydrogen) atoms. The second-order valence-electron chi connectivity index (χ2n) is 16.3. The summed E-state index contributed by atoms with van der Waals surface area (Å²) in [6.45, 7) is 7.99. The Kier molecular flexibility index (Phi) is 14.5. The van der Waals surface area contributed by atoms with Crippen LogP contribution in [0.3, 0.4) is 0 Å². The third kappa shape index (κ3) is 9.76. The summed E-state index contributed by atoms with van der Waals surface area (Å²) in [6.07, 6.45) is 0.810. The molecule has 0 bridgehead atoms. The minimum absolute atomic E-state index is 0. The summed E-state index contributed by atoms with van der Waals surface area (Å²) in [5.41, 5.74) is 9.88. The van der Waals surface area contributed by atoms with E-state index in [9.17, 15) is 10.2 Å². The molecule has 2 saturated carbocycles. The summed E-state index contributed by atoms with van der Waals surface area (Å²) in [7, 11) is 0. The molecule has 4 aliphatic rings. The highest BCUT2D eigenvalue weighted by Crippen LogP contribution is 2.48. The van der Waals surface area contributed by atoms with Gasteiger partial charge in [0.2, 0.25) is 10.6 Å². The minimum atomic E-state index is -0.723. The number of aliphatic hydroxyl groups is 2. The van der Waals surface area contributed by atoms with E-state index in [1.165, 1.54) is 0 Å². The number of nitrogens with zero attached hydrogens (tertiary/aromatic N) is 10. The summed E-state index contributed by atoms with van der Waals surface area (Å²) in [4.78, 5) is 16.9. The fourth-order valence-electron chi connectivity index (χ4n) is 8.64. The Morgan fingerprint density at radius 2 is 1.08 bits per heavy atom. The number of aromatic nitrogens is 10. The molecule has 2 aliphatic heterocycles. The van der Waals surface area contributed by atoms with Crippen molar-refractivity contribution < 1.29 is 29.2 Å². The summed E-state index contributed by atoms with van der Waals surface area (Å²) < 4.78 is 27.5. The Hall–Kier alpha value is -3.43. The predicted molar refractivity (Wildman–Crippen MR) is 238 cm³/mol. The summed E-state index contributed by atoms with van der Waals surface area (Å²) in [5, 5.41) is 38.1. The van der Waals surface area contributed by atoms with Gasteiger partial charge < -0.3 is 34.9 Å². The highest BCUT2D eigenvalue weighted by Gasteiger charge is 2.56. The van der Waals surface area contributed by atoms with E-state index in [1.54, 1.807) is 9.36 Å². The van der Waals surface area contributed by atoms with Crippen LogP contribution in [0.2, 0.25) is 25.8 Å². The predicted octanol–water partition coefficient (Wildman–Crippen LogP) is 7.23. The van der Waals surface area contributed by atoms with E-state index < -0.39 is 11.6 Å². The Balaban J connectivity index is 0.000000159. The minimum Gasteiger partial charge on any atom is -0.396 e. The SMILES string of the molecule is C.CC1(C)O[C@@H]2[C@@H](CO)C[C@@H](n3nnc4c(Cc5ccccc5Cl)nc(Cl)nc43)[C@@H]2O1.CC1(C)O[C@@H]2[C@@H](CO)C[C@@H](n3nnc4c(Cl)nc(Cl)nc43)[C@@H]2O1.NCc1ccccc1Cl. The zero-order valence-corrected chi connectivity index (χ0v) is 37.7. The first-order chi connectivity index (χ1) is 29.6. The number of nitrogens with two attached hydrogens (primary N) is 1. The van der Waals surface area contributed by atoms with Gasteiger partial charge in [-0.2, -0.15) is 9.97 Å². The van der Waals surface area contributed by atoms with Gasteiger partial charge in [0.1, 0.15) is 12.2 Å². The second-order valence-corrected chi connectivity index (χ2v) is 18.2. The van der Waals surface area contributed by atoms with Crippen molar-refractivity contribution >= 4 is 80.3 Å². The number of ether oxygens (including phenoxy) is 4. The molecule has 2 aromatic carbocycles. The number of halogens is 5. The molecule has 2 aliphatic carbocycles. The molecule has 10 rings (SSSR count). The number of fused-ring (bicyclic) bond motifs is 4. The van der Waals surface area contributed by atoms with E-state index >= 15 is 0 Å². The standard InChI is InChI=1S/C20H21Cl2N5O3.C13H15Cl2N5O3.C7H8ClN.CH4/c1-20(2)29-16-11(9-28)8-14(17(16)30-20)27-18-15(25-26-27)13(23-19(22)24-18)7-10-5-3-4-6-12(10)21;1-13(2)22-8-5(4-21)3-6(9(8)23-13)20-11-7(18-19-20)10(14)16-12(15)17-11;8-7-4-2-1-3-6(7)5-9;/h3-6,11,14,16-17,28H,7-9H2,1-2H3;5-6,8-9,21H,3-4H2,1-2H3;1-4H,5,9H2;1H4/t11-,14-,16-,17+;5-,6-,8-,9+;;/m11../s1. The number of benzene rings is 2. The number of aliphatic hydroxyl groups excluding tert-OH is 2. The second kappa shape index (κ2) is 19.2. The Morgan fingerprint density at radius 1 is 0.635 bits per heavy atom. The van der Waals surface area contributed by atoms with Gasteiger partial charge in [-0.25, -0.2) is 19.3 Å². The van der Waals surface area contributed by atoms with E-state index in [1.807, 2.05) is 76.2 Å². The monoisotopic (exact) mass is 965 g/mol. The molecule has 338 valence electrons.